The summed E-state index contributed by atoms with van der Waals surface area (Å²) in [7, 11) is -3.55. The molecule has 2 aromatic carbocycles. The number of halogens is 2. The largest absolute Gasteiger partial charge is 0.298 e. The number of sulfonamides is 1. The first-order chi connectivity index (χ1) is 13.3. The highest BCUT2D eigenvalue weighted by Gasteiger charge is 2.27. The number of amides is 1. The molecule has 0 saturated carbocycles. The second-order valence-corrected chi connectivity index (χ2v) is 9.31. The highest BCUT2D eigenvalue weighted by atomic mass is 32.2. The van der Waals surface area contributed by atoms with E-state index in [1.54, 1.807) is 0 Å². The van der Waals surface area contributed by atoms with Gasteiger partial charge in [-0.05, 0) is 43.2 Å². The van der Waals surface area contributed by atoms with E-state index in [4.69, 9.17) is 0 Å². The normalized spacial score (nSPS) is 15.2. The molecule has 0 atom stereocenters. The van der Waals surface area contributed by atoms with Crippen LogP contribution in [0.2, 0.25) is 0 Å². The van der Waals surface area contributed by atoms with Crippen molar-refractivity contribution in [3.63, 3.8) is 0 Å². The molecule has 3 aromatic rings. The molecule has 1 amide bonds. The maximum atomic E-state index is 13.7. The van der Waals surface area contributed by atoms with Gasteiger partial charge in [0.05, 0.1) is 9.60 Å². The van der Waals surface area contributed by atoms with Crippen molar-refractivity contribution in [2.45, 2.75) is 17.7 Å². The number of aromatic nitrogens is 1. The van der Waals surface area contributed by atoms with Crippen LogP contribution in [0.3, 0.4) is 0 Å². The zero-order valence-electron chi connectivity index (χ0n) is 14.5. The fraction of sp³-hybridized carbons (Fsp3) is 0.222. The van der Waals surface area contributed by atoms with Crippen LogP contribution in [0.4, 0.5) is 13.9 Å². The highest BCUT2D eigenvalue weighted by Crippen LogP contribution is 2.29. The van der Waals surface area contributed by atoms with Crippen LogP contribution in [-0.2, 0) is 10.0 Å². The van der Waals surface area contributed by atoms with Crippen molar-refractivity contribution in [3.05, 3.63) is 53.6 Å². The third kappa shape index (κ3) is 3.50. The Balaban J connectivity index is 1.53. The van der Waals surface area contributed by atoms with Crippen LogP contribution in [0.25, 0.3) is 10.2 Å². The zero-order chi connectivity index (χ0) is 19.9. The second-order valence-electron chi connectivity index (χ2n) is 6.34. The fourth-order valence-corrected chi connectivity index (χ4v) is 5.45. The fourth-order valence-electron chi connectivity index (χ4n) is 3.04. The summed E-state index contributed by atoms with van der Waals surface area (Å²) in [4.78, 5) is 16.5. The van der Waals surface area contributed by atoms with E-state index in [1.807, 2.05) is 0 Å². The summed E-state index contributed by atoms with van der Waals surface area (Å²) in [6, 6.07) is 7.46. The summed E-state index contributed by atoms with van der Waals surface area (Å²) in [5.74, 6) is -2.05. The minimum Gasteiger partial charge on any atom is -0.298 e. The van der Waals surface area contributed by atoms with Crippen LogP contribution in [0, 0.1) is 11.6 Å². The Kier molecular flexibility index (Phi) is 4.86. The van der Waals surface area contributed by atoms with Gasteiger partial charge in [0.1, 0.15) is 11.3 Å². The molecular formula is C18H15F2N3O3S2. The van der Waals surface area contributed by atoms with Gasteiger partial charge in [0.25, 0.3) is 5.91 Å². The first-order valence-corrected chi connectivity index (χ1v) is 10.8. The van der Waals surface area contributed by atoms with Crippen molar-refractivity contribution in [1.82, 2.24) is 9.29 Å². The minimum atomic E-state index is -3.55. The summed E-state index contributed by atoms with van der Waals surface area (Å²) in [6.07, 6.45) is 1.68. The molecule has 28 heavy (non-hydrogen) atoms. The molecule has 1 aromatic heterocycles. The Hall–Kier alpha value is -2.43. The Bertz CT molecular complexity index is 1150. The zero-order valence-corrected chi connectivity index (χ0v) is 16.1. The summed E-state index contributed by atoms with van der Waals surface area (Å²) < 4.78 is 53.8. The van der Waals surface area contributed by atoms with Gasteiger partial charge in [0.15, 0.2) is 10.9 Å². The third-order valence-electron chi connectivity index (χ3n) is 4.45. The predicted octanol–water partition coefficient (Wildman–Crippen LogP) is 3.61. The molecule has 6 nitrogen and oxygen atoms in total. The molecule has 1 aliphatic rings. The molecule has 146 valence electrons. The van der Waals surface area contributed by atoms with E-state index < -0.39 is 27.6 Å². The second kappa shape index (κ2) is 7.19. The van der Waals surface area contributed by atoms with Crippen LogP contribution in [0.1, 0.15) is 23.2 Å². The Labute approximate surface area is 163 Å². The molecule has 1 saturated heterocycles. The van der Waals surface area contributed by atoms with E-state index in [0.29, 0.717) is 13.1 Å². The van der Waals surface area contributed by atoms with E-state index in [-0.39, 0.29) is 25.8 Å². The molecule has 0 spiro atoms. The highest BCUT2D eigenvalue weighted by molar-refractivity contribution is 7.89. The van der Waals surface area contributed by atoms with Gasteiger partial charge < -0.3 is 0 Å². The molecule has 0 unspecified atom stereocenters. The van der Waals surface area contributed by atoms with E-state index in [9.17, 15) is 22.0 Å². The van der Waals surface area contributed by atoms with E-state index >= 15 is 0 Å². The standard InChI is InChI=1S/C18H15F2N3O3S2/c19-12-9-14(20)16-15(10-12)27-18(21-16)22-17(24)11-3-5-13(6-4-11)28(25,26)23-7-1-2-8-23/h3-6,9-10H,1-2,7-8H2,(H,21,22,24). The quantitative estimate of drug-likeness (QED) is 0.695. The Morgan fingerprint density at radius 3 is 2.46 bits per heavy atom. The van der Waals surface area contributed by atoms with Gasteiger partial charge in [-0.25, -0.2) is 22.2 Å². The van der Waals surface area contributed by atoms with Crippen LogP contribution >= 0.6 is 11.3 Å². The van der Waals surface area contributed by atoms with Crippen molar-refractivity contribution in [3.8, 4) is 0 Å². The predicted molar refractivity (Wildman–Crippen MR) is 102 cm³/mol. The SMILES string of the molecule is O=C(Nc1nc2c(F)cc(F)cc2s1)c1ccc(S(=O)(=O)N2CCCC2)cc1. The van der Waals surface area contributed by atoms with Gasteiger partial charge in [-0.3, -0.25) is 10.1 Å². The van der Waals surface area contributed by atoms with Crippen molar-refractivity contribution >= 4 is 42.6 Å². The van der Waals surface area contributed by atoms with Crippen LogP contribution < -0.4 is 5.32 Å². The first-order valence-electron chi connectivity index (χ1n) is 8.52. The molecule has 4 rings (SSSR count). The van der Waals surface area contributed by atoms with Crippen LogP contribution in [0.5, 0.6) is 0 Å². The van der Waals surface area contributed by atoms with Crippen molar-refractivity contribution in [1.29, 1.82) is 0 Å². The van der Waals surface area contributed by atoms with Crippen LogP contribution in [-0.4, -0.2) is 36.7 Å². The number of thiazole rings is 1. The van der Waals surface area contributed by atoms with E-state index in [2.05, 4.69) is 10.3 Å². The summed E-state index contributed by atoms with van der Waals surface area (Å²) >= 11 is 0.947. The number of rotatable bonds is 4. The maximum Gasteiger partial charge on any atom is 0.257 e. The number of anilines is 1. The summed E-state index contributed by atoms with van der Waals surface area (Å²) in [5.41, 5.74) is 0.208. The molecule has 1 fully saturated rings. The molecule has 1 N–H and O–H groups in total. The lowest BCUT2D eigenvalue weighted by Gasteiger charge is -2.15. The average molecular weight is 423 g/mol. The van der Waals surface area contributed by atoms with Crippen LogP contribution in [0.15, 0.2) is 41.3 Å². The summed E-state index contributed by atoms with van der Waals surface area (Å²) in [6.45, 7) is 0.999. The summed E-state index contributed by atoms with van der Waals surface area (Å²) in [5, 5.41) is 2.65. The Morgan fingerprint density at radius 2 is 1.79 bits per heavy atom. The molecule has 1 aliphatic heterocycles. The van der Waals surface area contributed by atoms with Gasteiger partial charge in [0, 0.05) is 24.7 Å². The number of fused-ring (bicyclic) bond motifs is 1. The van der Waals surface area contributed by atoms with Gasteiger partial charge in [-0.1, -0.05) is 11.3 Å². The minimum absolute atomic E-state index is 0.0197. The van der Waals surface area contributed by atoms with Gasteiger partial charge in [0.2, 0.25) is 10.0 Å². The average Bonchev–Trinajstić information content (AvgIpc) is 3.32. The lowest BCUT2D eigenvalue weighted by atomic mass is 10.2. The molecule has 2 heterocycles. The number of carbonyl (C=O) groups is 1. The Morgan fingerprint density at radius 1 is 1.11 bits per heavy atom. The van der Waals surface area contributed by atoms with Gasteiger partial charge >= 0.3 is 0 Å². The van der Waals surface area contributed by atoms with Gasteiger partial charge in [-0.15, -0.1) is 0 Å². The molecule has 0 aliphatic carbocycles. The number of carbonyl (C=O) groups excluding carboxylic acids is 1. The number of benzene rings is 2. The van der Waals surface area contributed by atoms with Crippen molar-refractivity contribution < 1.29 is 22.0 Å². The molecule has 0 bridgehead atoms. The lowest BCUT2D eigenvalue weighted by Crippen LogP contribution is -2.27. The number of nitrogens with zero attached hydrogens (tertiary/aromatic N) is 2. The smallest absolute Gasteiger partial charge is 0.257 e. The molecule has 0 radical (unpaired) electrons. The van der Waals surface area contributed by atoms with Gasteiger partial charge in [-0.2, -0.15) is 4.31 Å². The van der Waals surface area contributed by atoms with E-state index in [0.717, 1.165) is 36.3 Å². The number of hydrogen-bond acceptors (Lipinski definition) is 5. The molecular weight excluding hydrogens is 408 g/mol. The topological polar surface area (TPSA) is 79.4 Å². The maximum absolute atomic E-state index is 13.7. The van der Waals surface area contributed by atoms with Crippen molar-refractivity contribution in [2.75, 3.05) is 18.4 Å². The lowest BCUT2D eigenvalue weighted by molar-refractivity contribution is 0.102. The van der Waals surface area contributed by atoms with Crippen molar-refractivity contribution in [2.24, 2.45) is 0 Å². The first kappa shape index (κ1) is 18.9. The number of nitrogens with one attached hydrogen (secondary N) is 1. The van der Waals surface area contributed by atoms with E-state index in [1.165, 1.54) is 28.6 Å². The molecule has 10 heteroatoms. The number of hydrogen-bond donors (Lipinski definition) is 1. The monoisotopic (exact) mass is 423 g/mol. The third-order valence-corrected chi connectivity index (χ3v) is 7.28.